The number of benzene rings is 1. The standard InChI is InChI=1S/C17H15ClN4OS/c1-10-4-3-5-12-6-13(17(18)21-16(10)12)8-19-22-14(23)7-15-20-11(2)9-24-15/h3-6,8-9H,7H2,1-2H3,(H,22,23)/b19-8-. The Morgan fingerprint density at radius 2 is 2.21 bits per heavy atom. The first-order valence-electron chi connectivity index (χ1n) is 7.31. The normalized spacial score (nSPS) is 11.3. The molecule has 1 amide bonds. The predicted molar refractivity (Wildman–Crippen MR) is 97.8 cm³/mol. The van der Waals surface area contributed by atoms with Crippen LogP contribution in [0.4, 0.5) is 0 Å². The third-order valence-corrected chi connectivity index (χ3v) is 4.67. The summed E-state index contributed by atoms with van der Waals surface area (Å²) < 4.78 is 0. The van der Waals surface area contributed by atoms with Gasteiger partial charge in [0.05, 0.1) is 18.2 Å². The lowest BCUT2D eigenvalue weighted by atomic mass is 10.1. The van der Waals surface area contributed by atoms with Gasteiger partial charge in [-0.2, -0.15) is 5.10 Å². The smallest absolute Gasteiger partial charge is 0.246 e. The van der Waals surface area contributed by atoms with Crippen molar-refractivity contribution < 1.29 is 4.79 Å². The maximum Gasteiger partial charge on any atom is 0.246 e. The van der Waals surface area contributed by atoms with Gasteiger partial charge in [0.15, 0.2) is 0 Å². The number of fused-ring (bicyclic) bond motifs is 1. The van der Waals surface area contributed by atoms with Crippen molar-refractivity contribution in [1.29, 1.82) is 0 Å². The van der Waals surface area contributed by atoms with Crippen LogP contribution in [-0.4, -0.2) is 22.1 Å². The fourth-order valence-electron chi connectivity index (χ4n) is 2.27. The number of amides is 1. The third-order valence-electron chi connectivity index (χ3n) is 3.40. The largest absolute Gasteiger partial charge is 0.273 e. The molecule has 0 aliphatic rings. The molecular weight excluding hydrogens is 344 g/mol. The molecule has 7 heteroatoms. The van der Waals surface area contributed by atoms with Gasteiger partial charge in [0.25, 0.3) is 0 Å². The van der Waals surface area contributed by atoms with Crippen molar-refractivity contribution in [1.82, 2.24) is 15.4 Å². The molecule has 24 heavy (non-hydrogen) atoms. The summed E-state index contributed by atoms with van der Waals surface area (Å²) in [7, 11) is 0. The number of carbonyl (C=O) groups is 1. The molecule has 0 saturated carbocycles. The molecule has 3 rings (SSSR count). The average molecular weight is 359 g/mol. The maximum atomic E-state index is 11.8. The van der Waals surface area contributed by atoms with Crippen molar-refractivity contribution in [2.45, 2.75) is 20.3 Å². The van der Waals surface area contributed by atoms with Gasteiger partial charge in [-0.1, -0.05) is 29.8 Å². The van der Waals surface area contributed by atoms with Crippen LogP contribution in [0.1, 0.15) is 21.8 Å². The molecule has 2 aromatic heterocycles. The van der Waals surface area contributed by atoms with E-state index >= 15 is 0 Å². The summed E-state index contributed by atoms with van der Waals surface area (Å²) >= 11 is 7.66. The Morgan fingerprint density at radius 3 is 2.96 bits per heavy atom. The molecule has 5 nitrogen and oxygen atoms in total. The van der Waals surface area contributed by atoms with E-state index in [2.05, 4.69) is 20.5 Å². The lowest BCUT2D eigenvalue weighted by molar-refractivity contribution is -0.120. The molecule has 0 saturated heterocycles. The highest BCUT2D eigenvalue weighted by Crippen LogP contribution is 2.21. The number of halogens is 1. The van der Waals surface area contributed by atoms with Gasteiger partial charge < -0.3 is 0 Å². The number of nitrogens with zero attached hydrogens (tertiary/aromatic N) is 3. The molecule has 122 valence electrons. The summed E-state index contributed by atoms with van der Waals surface area (Å²) in [5, 5.41) is 7.97. The van der Waals surface area contributed by atoms with Crippen molar-refractivity contribution in [3.63, 3.8) is 0 Å². The Labute approximate surface area is 148 Å². The van der Waals surface area contributed by atoms with Gasteiger partial charge in [0.1, 0.15) is 10.2 Å². The van der Waals surface area contributed by atoms with E-state index in [1.807, 2.05) is 43.5 Å². The highest BCUT2D eigenvalue weighted by Gasteiger charge is 2.07. The van der Waals surface area contributed by atoms with Crippen LogP contribution in [0.25, 0.3) is 10.9 Å². The third kappa shape index (κ3) is 3.77. The number of pyridine rings is 1. The predicted octanol–water partition coefficient (Wildman–Crippen LogP) is 3.65. The Morgan fingerprint density at radius 1 is 1.38 bits per heavy atom. The van der Waals surface area contributed by atoms with Crippen LogP contribution in [0.2, 0.25) is 5.15 Å². The SMILES string of the molecule is Cc1csc(CC(=O)N/N=C\c2cc3cccc(C)c3nc2Cl)n1. The van der Waals surface area contributed by atoms with Crippen LogP contribution in [0, 0.1) is 13.8 Å². The van der Waals surface area contributed by atoms with Crippen LogP contribution in [0.3, 0.4) is 0 Å². The summed E-state index contributed by atoms with van der Waals surface area (Å²) in [5.74, 6) is -0.221. The van der Waals surface area contributed by atoms with Gasteiger partial charge in [-0.3, -0.25) is 4.79 Å². The molecule has 3 aromatic rings. The van der Waals surface area contributed by atoms with Crippen molar-refractivity contribution in [3.8, 4) is 0 Å². The molecule has 2 heterocycles. The number of hydrazone groups is 1. The molecular formula is C17H15ClN4OS. The van der Waals surface area contributed by atoms with Crippen LogP contribution >= 0.6 is 22.9 Å². The van der Waals surface area contributed by atoms with E-state index < -0.39 is 0 Å². The molecule has 0 radical (unpaired) electrons. The summed E-state index contributed by atoms with van der Waals surface area (Å²) in [6, 6.07) is 7.82. The first-order chi connectivity index (χ1) is 11.5. The van der Waals surface area contributed by atoms with E-state index in [0.29, 0.717) is 10.7 Å². The van der Waals surface area contributed by atoms with Gasteiger partial charge in [-0.15, -0.1) is 11.3 Å². The minimum absolute atomic E-state index is 0.207. The van der Waals surface area contributed by atoms with Crippen molar-refractivity contribution in [2.24, 2.45) is 5.10 Å². The minimum Gasteiger partial charge on any atom is -0.273 e. The summed E-state index contributed by atoms with van der Waals surface area (Å²) in [5.41, 5.74) is 5.98. The number of aromatic nitrogens is 2. The molecule has 0 spiro atoms. The van der Waals surface area contributed by atoms with E-state index in [1.165, 1.54) is 17.6 Å². The molecule has 0 bridgehead atoms. The molecule has 0 unspecified atom stereocenters. The molecule has 1 aromatic carbocycles. The molecule has 1 N–H and O–H groups in total. The Bertz CT molecular complexity index is 935. The highest BCUT2D eigenvalue weighted by atomic mass is 35.5. The van der Waals surface area contributed by atoms with Gasteiger partial charge in [0, 0.05) is 22.0 Å². The average Bonchev–Trinajstić information content (AvgIpc) is 2.94. The molecule has 0 fully saturated rings. The maximum absolute atomic E-state index is 11.8. The molecule has 0 aliphatic carbocycles. The Kier molecular flexibility index (Phi) is 4.87. The minimum atomic E-state index is -0.221. The molecule has 0 atom stereocenters. The number of thiazole rings is 1. The van der Waals surface area contributed by atoms with E-state index in [9.17, 15) is 4.79 Å². The first-order valence-corrected chi connectivity index (χ1v) is 8.57. The number of hydrogen-bond acceptors (Lipinski definition) is 5. The Hall–Kier alpha value is -2.31. The van der Waals surface area contributed by atoms with Crippen LogP contribution in [0.5, 0.6) is 0 Å². The fourth-order valence-corrected chi connectivity index (χ4v) is 3.22. The zero-order valence-corrected chi connectivity index (χ0v) is 14.8. The van der Waals surface area contributed by atoms with E-state index in [-0.39, 0.29) is 12.3 Å². The van der Waals surface area contributed by atoms with Crippen molar-refractivity contribution >= 4 is 46.0 Å². The lowest BCUT2D eigenvalue weighted by Crippen LogP contribution is -2.19. The zero-order valence-electron chi connectivity index (χ0n) is 13.2. The lowest BCUT2D eigenvalue weighted by Gasteiger charge is -2.04. The summed E-state index contributed by atoms with van der Waals surface area (Å²) in [4.78, 5) is 20.5. The quantitative estimate of drug-likeness (QED) is 0.439. The Balaban J connectivity index is 1.71. The molecule has 0 aliphatic heterocycles. The fraction of sp³-hybridized carbons (Fsp3) is 0.176. The van der Waals surface area contributed by atoms with E-state index in [1.54, 1.807) is 0 Å². The monoisotopic (exact) mass is 358 g/mol. The van der Waals surface area contributed by atoms with Gasteiger partial charge in [-0.05, 0) is 25.5 Å². The van der Waals surface area contributed by atoms with Crippen LogP contribution < -0.4 is 5.43 Å². The second-order valence-electron chi connectivity index (χ2n) is 5.37. The van der Waals surface area contributed by atoms with Crippen molar-refractivity contribution in [3.05, 3.63) is 56.6 Å². The number of carbonyl (C=O) groups excluding carboxylic acids is 1. The first kappa shape index (κ1) is 16.5. The second-order valence-corrected chi connectivity index (χ2v) is 6.67. The van der Waals surface area contributed by atoms with E-state index in [4.69, 9.17) is 11.6 Å². The van der Waals surface area contributed by atoms with Crippen LogP contribution in [-0.2, 0) is 11.2 Å². The van der Waals surface area contributed by atoms with Gasteiger partial charge >= 0.3 is 0 Å². The number of nitrogens with one attached hydrogen (secondary N) is 1. The van der Waals surface area contributed by atoms with Crippen molar-refractivity contribution in [2.75, 3.05) is 0 Å². The summed E-state index contributed by atoms with van der Waals surface area (Å²) in [6.07, 6.45) is 1.71. The summed E-state index contributed by atoms with van der Waals surface area (Å²) in [6.45, 7) is 3.88. The highest BCUT2D eigenvalue weighted by molar-refractivity contribution is 7.09. The number of para-hydroxylation sites is 1. The zero-order chi connectivity index (χ0) is 17.1. The van der Waals surface area contributed by atoms with Crippen LogP contribution in [0.15, 0.2) is 34.7 Å². The number of aryl methyl sites for hydroxylation is 2. The van der Waals surface area contributed by atoms with E-state index in [0.717, 1.165) is 27.2 Å². The number of hydrogen-bond donors (Lipinski definition) is 1. The number of rotatable bonds is 4. The van der Waals surface area contributed by atoms with Gasteiger partial charge in [-0.25, -0.2) is 15.4 Å². The second kappa shape index (κ2) is 7.07. The van der Waals surface area contributed by atoms with Gasteiger partial charge in [0.2, 0.25) is 5.91 Å². The topological polar surface area (TPSA) is 67.2 Å².